The Morgan fingerprint density at radius 2 is 1.84 bits per heavy atom. The smallest absolute Gasteiger partial charge is 0.323 e. The van der Waals surface area contributed by atoms with Gasteiger partial charge in [0, 0.05) is 30.7 Å². The van der Waals surface area contributed by atoms with Gasteiger partial charge in [0.1, 0.15) is 6.61 Å². The second-order valence-corrected chi connectivity index (χ2v) is 5.87. The molecule has 130 valence electrons. The molecule has 0 radical (unpaired) electrons. The van der Waals surface area contributed by atoms with E-state index in [0.717, 1.165) is 29.8 Å². The van der Waals surface area contributed by atoms with Crippen LogP contribution in [-0.4, -0.2) is 32.2 Å². The van der Waals surface area contributed by atoms with Gasteiger partial charge in [-0.05, 0) is 42.7 Å². The highest BCUT2D eigenvalue weighted by atomic mass is 16.5. The van der Waals surface area contributed by atoms with Crippen LogP contribution in [0.3, 0.4) is 0 Å². The molecule has 2 N–H and O–H groups in total. The van der Waals surface area contributed by atoms with E-state index in [2.05, 4.69) is 10.6 Å². The number of rotatable bonds is 4. The zero-order valence-corrected chi connectivity index (χ0v) is 14.1. The van der Waals surface area contributed by atoms with Crippen molar-refractivity contribution in [3.05, 3.63) is 54.1 Å². The van der Waals surface area contributed by atoms with Gasteiger partial charge in [0.2, 0.25) is 0 Å². The molecule has 0 atom stereocenters. The lowest BCUT2D eigenvalue weighted by molar-refractivity contribution is -0.122. The number of carbonyl (C=O) groups excluding carboxylic acids is 2. The van der Waals surface area contributed by atoms with E-state index in [0.29, 0.717) is 12.2 Å². The third kappa shape index (κ3) is 4.16. The lowest BCUT2D eigenvalue weighted by Crippen LogP contribution is -2.37. The molecule has 1 heterocycles. The summed E-state index contributed by atoms with van der Waals surface area (Å²) in [6.07, 6.45) is 1.84. The van der Waals surface area contributed by atoms with Crippen LogP contribution in [0.15, 0.2) is 48.5 Å². The Morgan fingerprint density at radius 1 is 1.08 bits per heavy atom. The van der Waals surface area contributed by atoms with Crippen molar-refractivity contribution >= 4 is 29.0 Å². The summed E-state index contributed by atoms with van der Waals surface area (Å²) in [6, 6.07) is 14.6. The first-order valence-electron chi connectivity index (χ1n) is 8.22. The van der Waals surface area contributed by atoms with Gasteiger partial charge < -0.3 is 20.3 Å². The van der Waals surface area contributed by atoms with E-state index >= 15 is 0 Å². The molecule has 1 aliphatic heterocycles. The Kier molecular flexibility index (Phi) is 5.30. The van der Waals surface area contributed by atoms with Crippen LogP contribution in [-0.2, 0) is 16.0 Å². The van der Waals surface area contributed by atoms with Crippen LogP contribution in [0.1, 0.15) is 12.0 Å². The third-order valence-corrected chi connectivity index (χ3v) is 4.06. The van der Waals surface area contributed by atoms with Crippen LogP contribution in [0.5, 0.6) is 0 Å². The second-order valence-electron chi connectivity index (χ2n) is 5.87. The Balaban J connectivity index is 1.74. The van der Waals surface area contributed by atoms with Crippen molar-refractivity contribution in [3.8, 4) is 0 Å². The zero-order chi connectivity index (χ0) is 17.6. The molecule has 0 bridgehead atoms. The largest absolute Gasteiger partial charge is 0.375 e. The lowest BCUT2D eigenvalue weighted by atomic mass is 10.0. The molecule has 0 aromatic heterocycles. The number of nitrogens with zero attached hydrogens (tertiary/aromatic N) is 1. The molecule has 3 amide bonds. The first kappa shape index (κ1) is 17.0. The van der Waals surface area contributed by atoms with Crippen molar-refractivity contribution < 1.29 is 14.3 Å². The average molecular weight is 339 g/mol. The number of fused-ring (bicyclic) bond motifs is 1. The van der Waals surface area contributed by atoms with Gasteiger partial charge >= 0.3 is 6.03 Å². The molecular weight excluding hydrogens is 318 g/mol. The summed E-state index contributed by atoms with van der Waals surface area (Å²) in [5.41, 5.74) is 3.30. The fraction of sp³-hybridized carbons (Fsp3) is 0.263. The van der Waals surface area contributed by atoms with Crippen molar-refractivity contribution in [2.75, 3.05) is 35.8 Å². The highest BCUT2D eigenvalue weighted by molar-refractivity contribution is 6.01. The highest BCUT2D eigenvalue weighted by Gasteiger charge is 2.22. The number of hydrogen-bond donors (Lipinski definition) is 2. The monoisotopic (exact) mass is 339 g/mol. The maximum atomic E-state index is 12.2. The summed E-state index contributed by atoms with van der Waals surface area (Å²) in [4.78, 5) is 26.1. The fourth-order valence-electron chi connectivity index (χ4n) is 2.93. The van der Waals surface area contributed by atoms with Crippen LogP contribution in [0.25, 0.3) is 0 Å². The highest BCUT2D eigenvalue weighted by Crippen LogP contribution is 2.30. The first-order chi connectivity index (χ1) is 12.2. The van der Waals surface area contributed by atoms with Crippen LogP contribution >= 0.6 is 0 Å². The summed E-state index contributed by atoms with van der Waals surface area (Å²) in [5.74, 6) is -0.0747. The van der Waals surface area contributed by atoms with Crippen molar-refractivity contribution in [2.24, 2.45) is 0 Å². The molecule has 6 nitrogen and oxygen atoms in total. The van der Waals surface area contributed by atoms with Crippen LogP contribution in [0.4, 0.5) is 21.9 Å². The molecule has 0 saturated heterocycles. The molecule has 3 rings (SSSR count). The third-order valence-electron chi connectivity index (χ3n) is 4.06. The number of carbonyl (C=O) groups is 2. The molecule has 6 heteroatoms. The van der Waals surface area contributed by atoms with Crippen LogP contribution < -0.4 is 15.5 Å². The quantitative estimate of drug-likeness (QED) is 0.898. The van der Waals surface area contributed by atoms with E-state index in [1.807, 2.05) is 48.5 Å². The minimum atomic E-state index is -0.322. The number of methoxy groups -OCH3 is 1. The van der Waals surface area contributed by atoms with Crippen molar-refractivity contribution in [2.45, 2.75) is 12.8 Å². The van der Waals surface area contributed by atoms with Gasteiger partial charge in [-0.25, -0.2) is 4.79 Å². The average Bonchev–Trinajstić information content (AvgIpc) is 2.62. The molecule has 0 spiro atoms. The van der Waals surface area contributed by atoms with E-state index in [1.54, 1.807) is 4.90 Å². The SMILES string of the molecule is COCC(=O)N1CCCc2ccc(NC(=O)Nc3ccccc3)cc21. The van der Waals surface area contributed by atoms with Gasteiger partial charge in [-0.2, -0.15) is 0 Å². The normalized spacial score (nSPS) is 13.1. The van der Waals surface area contributed by atoms with E-state index < -0.39 is 0 Å². The summed E-state index contributed by atoms with van der Waals surface area (Å²) < 4.78 is 4.96. The predicted octanol–water partition coefficient (Wildman–Crippen LogP) is 3.26. The summed E-state index contributed by atoms with van der Waals surface area (Å²) >= 11 is 0. The van der Waals surface area contributed by atoms with E-state index in [1.165, 1.54) is 7.11 Å². The van der Waals surface area contributed by atoms with Gasteiger partial charge in [-0.15, -0.1) is 0 Å². The molecular formula is C19H21N3O3. The predicted molar refractivity (Wildman–Crippen MR) is 98.1 cm³/mol. The summed E-state index contributed by atoms with van der Waals surface area (Å²) in [5, 5.41) is 5.59. The number of anilines is 3. The maximum Gasteiger partial charge on any atom is 0.323 e. The summed E-state index contributed by atoms with van der Waals surface area (Å²) in [6.45, 7) is 0.709. The molecule has 2 aromatic rings. The minimum absolute atomic E-state index is 0.0472. The number of benzene rings is 2. The van der Waals surface area contributed by atoms with Crippen LogP contribution in [0.2, 0.25) is 0 Å². The molecule has 1 aliphatic rings. The molecule has 0 unspecified atom stereocenters. The molecule has 2 aromatic carbocycles. The number of urea groups is 1. The molecule has 25 heavy (non-hydrogen) atoms. The van der Waals surface area contributed by atoms with Crippen molar-refractivity contribution in [3.63, 3.8) is 0 Å². The number of ether oxygens (including phenoxy) is 1. The Bertz CT molecular complexity index is 762. The maximum absolute atomic E-state index is 12.2. The standard InChI is InChI=1S/C19H21N3O3/c1-25-13-18(23)22-11-5-6-14-9-10-16(12-17(14)22)21-19(24)20-15-7-3-2-4-8-15/h2-4,7-10,12H,5-6,11,13H2,1H3,(H2,20,21,24). The number of para-hydroxylation sites is 1. The van der Waals surface area contributed by atoms with Gasteiger partial charge in [0.05, 0.1) is 0 Å². The Labute approximate surface area is 146 Å². The fourth-order valence-corrected chi connectivity index (χ4v) is 2.93. The Morgan fingerprint density at radius 3 is 2.60 bits per heavy atom. The number of hydrogen-bond acceptors (Lipinski definition) is 3. The van der Waals surface area contributed by atoms with E-state index in [9.17, 15) is 9.59 Å². The summed E-state index contributed by atoms with van der Waals surface area (Å²) in [7, 11) is 1.51. The lowest BCUT2D eigenvalue weighted by Gasteiger charge is -2.29. The molecule has 0 aliphatic carbocycles. The number of nitrogens with one attached hydrogen (secondary N) is 2. The van der Waals surface area contributed by atoms with Crippen molar-refractivity contribution in [1.29, 1.82) is 0 Å². The van der Waals surface area contributed by atoms with Gasteiger partial charge in [0.25, 0.3) is 5.91 Å². The van der Waals surface area contributed by atoms with E-state index in [4.69, 9.17) is 4.74 Å². The van der Waals surface area contributed by atoms with E-state index in [-0.39, 0.29) is 18.5 Å². The molecule has 0 saturated carbocycles. The Hall–Kier alpha value is -2.86. The van der Waals surface area contributed by atoms with Gasteiger partial charge in [-0.1, -0.05) is 24.3 Å². The second kappa shape index (κ2) is 7.81. The van der Waals surface area contributed by atoms with Crippen molar-refractivity contribution in [1.82, 2.24) is 0 Å². The molecule has 0 fully saturated rings. The minimum Gasteiger partial charge on any atom is -0.375 e. The van der Waals surface area contributed by atoms with Gasteiger partial charge in [0.15, 0.2) is 0 Å². The van der Waals surface area contributed by atoms with Gasteiger partial charge in [-0.3, -0.25) is 4.79 Å². The first-order valence-corrected chi connectivity index (χ1v) is 8.22. The zero-order valence-electron chi connectivity index (χ0n) is 14.1. The van der Waals surface area contributed by atoms with Crippen LogP contribution in [0, 0.1) is 0 Å². The number of amides is 3. The number of aryl methyl sites for hydroxylation is 1. The topological polar surface area (TPSA) is 70.7 Å².